The smallest absolute Gasteiger partial charge is 0.223 e. The number of hydrogen-bond donors (Lipinski definition) is 1. The third-order valence-electron chi connectivity index (χ3n) is 2.14. The van der Waals surface area contributed by atoms with Crippen LogP contribution in [0.2, 0.25) is 0 Å². The third kappa shape index (κ3) is 2.17. The van der Waals surface area contributed by atoms with Gasteiger partial charge in [-0.15, -0.1) is 0 Å². The highest BCUT2D eigenvalue weighted by Gasteiger charge is 2.20. The normalized spacial score (nSPS) is 26.5. The molecule has 1 saturated heterocycles. The quantitative estimate of drug-likeness (QED) is 0.252. The van der Waals surface area contributed by atoms with Crippen molar-refractivity contribution in [1.82, 2.24) is 9.91 Å². The van der Waals surface area contributed by atoms with Gasteiger partial charge in [-0.2, -0.15) is 0 Å². The van der Waals surface area contributed by atoms with Crippen LogP contribution in [0.3, 0.4) is 0 Å². The van der Waals surface area contributed by atoms with Gasteiger partial charge in [-0.05, 0) is 26.4 Å². The first kappa shape index (κ1) is 8.49. The molecule has 1 heterocycles. The van der Waals surface area contributed by atoms with E-state index in [2.05, 4.69) is 4.90 Å². The van der Waals surface area contributed by atoms with Gasteiger partial charge in [-0.1, -0.05) is 0 Å². The molecule has 2 N–H and O–H groups in total. The summed E-state index contributed by atoms with van der Waals surface area (Å²) >= 11 is 0. The standard InChI is InChI=1S/C7H15N3O/c1-9-4-2-3-7(5-9)10(8)6-11/h6-7H,2-5,8H2,1H3. The summed E-state index contributed by atoms with van der Waals surface area (Å²) in [4.78, 5) is 12.5. The van der Waals surface area contributed by atoms with E-state index in [1.807, 2.05) is 7.05 Å². The molecule has 0 saturated carbocycles. The zero-order valence-corrected chi connectivity index (χ0v) is 6.86. The van der Waals surface area contributed by atoms with Crippen molar-refractivity contribution in [2.24, 2.45) is 5.84 Å². The summed E-state index contributed by atoms with van der Waals surface area (Å²) in [6.07, 6.45) is 2.85. The molecule has 0 aromatic rings. The van der Waals surface area contributed by atoms with Gasteiger partial charge in [0.1, 0.15) is 0 Å². The predicted octanol–water partition coefficient (Wildman–Crippen LogP) is -0.587. The molecule has 0 aliphatic carbocycles. The maximum atomic E-state index is 10.3. The van der Waals surface area contributed by atoms with Crippen molar-refractivity contribution in [3.63, 3.8) is 0 Å². The lowest BCUT2D eigenvalue weighted by molar-refractivity contribution is -0.121. The van der Waals surface area contributed by atoms with Crippen molar-refractivity contribution >= 4 is 6.41 Å². The van der Waals surface area contributed by atoms with Crippen LogP contribution < -0.4 is 5.84 Å². The summed E-state index contributed by atoms with van der Waals surface area (Å²) in [6.45, 7) is 2.01. The minimum absolute atomic E-state index is 0.214. The number of hydrazine groups is 1. The summed E-state index contributed by atoms with van der Waals surface area (Å²) in [5.74, 6) is 5.45. The number of carbonyl (C=O) groups is 1. The lowest BCUT2D eigenvalue weighted by Crippen LogP contribution is -2.49. The number of piperidine rings is 1. The maximum Gasteiger partial charge on any atom is 0.223 e. The molecule has 1 aliphatic heterocycles. The molecule has 1 amide bonds. The van der Waals surface area contributed by atoms with Crippen molar-refractivity contribution in [3.8, 4) is 0 Å². The van der Waals surface area contributed by atoms with Crippen LogP contribution in [0.1, 0.15) is 12.8 Å². The second kappa shape index (κ2) is 3.69. The highest BCUT2D eigenvalue weighted by molar-refractivity contribution is 5.46. The number of hydrogen-bond acceptors (Lipinski definition) is 3. The molecule has 1 aliphatic rings. The average Bonchev–Trinajstić information content (AvgIpc) is 2.03. The number of rotatable bonds is 2. The van der Waals surface area contributed by atoms with Crippen molar-refractivity contribution in [1.29, 1.82) is 0 Å². The number of carbonyl (C=O) groups excluding carboxylic acids is 1. The van der Waals surface area contributed by atoms with E-state index < -0.39 is 0 Å². The van der Waals surface area contributed by atoms with Crippen molar-refractivity contribution in [3.05, 3.63) is 0 Å². The van der Waals surface area contributed by atoms with Crippen LogP contribution in [0.4, 0.5) is 0 Å². The first-order chi connectivity index (χ1) is 5.24. The van der Waals surface area contributed by atoms with Gasteiger partial charge in [0.2, 0.25) is 6.41 Å². The van der Waals surface area contributed by atoms with E-state index in [0.29, 0.717) is 6.41 Å². The molecular formula is C7H15N3O. The second-order valence-electron chi connectivity index (χ2n) is 3.11. The number of nitrogens with zero attached hydrogens (tertiary/aromatic N) is 2. The highest BCUT2D eigenvalue weighted by atomic mass is 16.1. The molecule has 1 atom stereocenters. The summed E-state index contributed by atoms with van der Waals surface area (Å²) in [6, 6.07) is 0.214. The molecule has 1 fully saturated rings. The Morgan fingerprint density at radius 1 is 1.73 bits per heavy atom. The molecule has 1 unspecified atom stereocenters. The molecule has 0 aromatic carbocycles. The SMILES string of the molecule is CN1CCCC(N(N)C=O)C1. The number of nitrogens with two attached hydrogens (primary N) is 1. The Labute approximate surface area is 66.9 Å². The fourth-order valence-corrected chi connectivity index (χ4v) is 1.47. The minimum Gasteiger partial charge on any atom is -0.304 e. The Kier molecular flexibility index (Phi) is 2.84. The molecule has 4 nitrogen and oxygen atoms in total. The van der Waals surface area contributed by atoms with E-state index in [0.717, 1.165) is 25.9 Å². The Hall–Kier alpha value is -0.610. The molecule has 0 spiro atoms. The van der Waals surface area contributed by atoms with Gasteiger partial charge in [0.15, 0.2) is 0 Å². The Bertz CT molecular complexity index is 140. The van der Waals surface area contributed by atoms with Gasteiger partial charge < -0.3 is 4.90 Å². The molecule has 0 aromatic heterocycles. The highest BCUT2D eigenvalue weighted by Crippen LogP contribution is 2.10. The minimum atomic E-state index is 0.214. The molecule has 64 valence electrons. The lowest BCUT2D eigenvalue weighted by atomic mass is 10.1. The van der Waals surface area contributed by atoms with Crippen LogP contribution in [0.25, 0.3) is 0 Å². The van der Waals surface area contributed by atoms with Crippen LogP contribution in [0.15, 0.2) is 0 Å². The van der Waals surface area contributed by atoms with E-state index in [9.17, 15) is 4.79 Å². The van der Waals surface area contributed by atoms with Crippen molar-refractivity contribution < 1.29 is 4.79 Å². The van der Waals surface area contributed by atoms with E-state index in [1.54, 1.807) is 0 Å². The van der Waals surface area contributed by atoms with Crippen LogP contribution in [0.5, 0.6) is 0 Å². The van der Waals surface area contributed by atoms with E-state index >= 15 is 0 Å². The van der Waals surface area contributed by atoms with Crippen LogP contribution in [-0.4, -0.2) is 42.5 Å². The van der Waals surface area contributed by atoms with Crippen molar-refractivity contribution in [2.45, 2.75) is 18.9 Å². The molecule has 1 rings (SSSR count). The van der Waals surface area contributed by atoms with Crippen LogP contribution in [-0.2, 0) is 4.79 Å². The fourth-order valence-electron chi connectivity index (χ4n) is 1.47. The molecule has 0 bridgehead atoms. The van der Waals surface area contributed by atoms with E-state index in [4.69, 9.17) is 5.84 Å². The predicted molar refractivity (Wildman–Crippen MR) is 42.6 cm³/mol. The molecule has 11 heavy (non-hydrogen) atoms. The summed E-state index contributed by atoms with van der Waals surface area (Å²) in [5.41, 5.74) is 0. The average molecular weight is 157 g/mol. The van der Waals surface area contributed by atoms with E-state index in [1.165, 1.54) is 5.01 Å². The Balaban J connectivity index is 2.38. The maximum absolute atomic E-state index is 10.3. The molecule has 4 heteroatoms. The summed E-state index contributed by atoms with van der Waals surface area (Å²) < 4.78 is 0. The van der Waals surface area contributed by atoms with Gasteiger partial charge in [0, 0.05) is 6.54 Å². The number of amides is 1. The van der Waals surface area contributed by atoms with Gasteiger partial charge in [-0.25, -0.2) is 5.84 Å². The summed E-state index contributed by atoms with van der Waals surface area (Å²) in [7, 11) is 2.05. The third-order valence-corrected chi connectivity index (χ3v) is 2.14. The van der Waals surface area contributed by atoms with Gasteiger partial charge >= 0.3 is 0 Å². The topological polar surface area (TPSA) is 49.6 Å². The number of likely N-dealkylation sites (tertiary alicyclic amines) is 1. The van der Waals surface area contributed by atoms with Gasteiger partial charge in [-0.3, -0.25) is 9.80 Å². The lowest BCUT2D eigenvalue weighted by Gasteiger charge is -2.33. The zero-order chi connectivity index (χ0) is 8.27. The fraction of sp³-hybridized carbons (Fsp3) is 0.857. The van der Waals surface area contributed by atoms with Crippen molar-refractivity contribution in [2.75, 3.05) is 20.1 Å². The first-order valence-corrected chi connectivity index (χ1v) is 3.91. The molecular weight excluding hydrogens is 142 g/mol. The first-order valence-electron chi connectivity index (χ1n) is 3.91. The second-order valence-corrected chi connectivity index (χ2v) is 3.11. The van der Waals surface area contributed by atoms with Crippen LogP contribution in [0, 0.1) is 0 Å². The van der Waals surface area contributed by atoms with Gasteiger partial charge in [0.05, 0.1) is 6.04 Å². The summed E-state index contributed by atoms with van der Waals surface area (Å²) in [5, 5.41) is 1.27. The molecule has 0 radical (unpaired) electrons. The Morgan fingerprint density at radius 3 is 3.00 bits per heavy atom. The Morgan fingerprint density at radius 2 is 2.45 bits per heavy atom. The number of likely N-dealkylation sites (N-methyl/N-ethyl adjacent to an activating group) is 1. The zero-order valence-electron chi connectivity index (χ0n) is 6.86. The largest absolute Gasteiger partial charge is 0.304 e. The van der Waals surface area contributed by atoms with Gasteiger partial charge in [0.25, 0.3) is 0 Å². The van der Waals surface area contributed by atoms with E-state index in [-0.39, 0.29) is 6.04 Å². The monoisotopic (exact) mass is 157 g/mol. The van der Waals surface area contributed by atoms with Crippen LogP contribution >= 0.6 is 0 Å².